The smallest absolute Gasteiger partial charge is 0.277 e. The van der Waals surface area contributed by atoms with Gasteiger partial charge in [0.05, 0.1) is 10.6 Å². The van der Waals surface area contributed by atoms with Gasteiger partial charge in [0.1, 0.15) is 5.75 Å². The van der Waals surface area contributed by atoms with Crippen LogP contribution >= 0.6 is 0 Å². The molecule has 0 atom stereocenters. The molecule has 0 unspecified atom stereocenters. The number of hydrogen-bond acceptors (Lipinski definition) is 5. The second kappa shape index (κ2) is 8.56. The van der Waals surface area contributed by atoms with E-state index in [1.165, 1.54) is 17.7 Å². The Morgan fingerprint density at radius 1 is 1.04 bits per heavy atom. The molecule has 0 bridgehead atoms. The van der Waals surface area contributed by atoms with E-state index in [4.69, 9.17) is 4.74 Å². The minimum Gasteiger partial charge on any atom is -0.484 e. The van der Waals surface area contributed by atoms with Gasteiger partial charge in [-0.1, -0.05) is 45.0 Å². The monoisotopic (exact) mass is 402 g/mol. The topological polar surface area (TPSA) is 84.8 Å². The van der Waals surface area contributed by atoms with Gasteiger partial charge in [0.15, 0.2) is 16.4 Å². The third-order valence-corrected chi connectivity index (χ3v) is 5.27. The molecule has 0 aliphatic heterocycles. The van der Waals surface area contributed by atoms with Crippen molar-refractivity contribution in [3.05, 3.63) is 59.7 Å². The van der Waals surface area contributed by atoms with Crippen LogP contribution in [-0.2, 0) is 20.0 Å². The van der Waals surface area contributed by atoms with Crippen molar-refractivity contribution in [3.8, 4) is 5.75 Å². The van der Waals surface area contributed by atoms with Gasteiger partial charge in [0.2, 0.25) is 0 Å². The zero-order valence-electron chi connectivity index (χ0n) is 16.8. The summed E-state index contributed by atoms with van der Waals surface area (Å²) in [5.74, 6) is 0.229. The number of sulfone groups is 1. The first-order valence-electron chi connectivity index (χ1n) is 8.84. The van der Waals surface area contributed by atoms with Gasteiger partial charge in [-0.3, -0.25) is 4.79 Å². The third-order valence-electron chi connectivity index (χ3n) is 4.14. The Kier molecular flexibility index (Phi) is 6.61. The van der Waals surface area contributed by atoms with Crippen molar-refractivity contribution in [2.45, 2.75) is 38.0 Å². The third kappa shape index (κ3) is 6.20. The van der Waals surface area contributed by atoms with Gasteiger partial charge in [-0.15, -0.1) is 0 Å². The fourth-order valence-electron chi connectivity index (χ4n) is 2.39. The molecule has 2 aromatic carbocycles. The van der Waals surface area contributed by atoms with Gasteiger partial charge in [-0.25, -0.2) is 13.8 Å². The molecule has 0 heterocycles. The number of carbonyl (C=O) groups is 1. The van der Waals surface area contributed by atoms with E-state index in [-0.39, 0.29) is 22.8 Å². The highest BCUT2D eigenvalue weighted by Crippen LogP contribution is 2.24. The summed E-state index contributed by atoms with van der Waals surface area (Å²) in [5.41, 5.74) is 4.95. The van der Waals surface area contributed by atoms with E-state index in [1.807, 2.05) is 24.3 Å². The fourth-order valence-corrected chi connectivity index (χ4v) is 3.02. The van der Waals surface area contributed by atoms with E-state index < -0.39 is 9.84 Å². The van der Waals surface area contributed by atoms with Crippen LogP contribution in [0.1, 0.15) is 38.8 Å². The van der Waals surface area contributed by atoms with Crippen LogP contribution < -0.4 is 10.2 Å². The van der Waals surface area contributed by atoms with Gasteiger partial charge >= 0.3 is 0 Å². The molecule has 0 aromatic heterocycles. The Morgan fingerprint density at radius 2 is 1.61 bits per heavy atom. The minimum atomic E-state index is -3.24. The van der Waals surface area contributed by atoms with E-state index >= 15 is 0 Å². The first-order chi connectivity index (χ1) is 13.0. The van der Waals surface area contributed by atoms with Crippen molar-refractivity contribution in [1.82, 2.24) is 5.43 Å². The van der Waals surface area contributed by atoms with Crippen LogP contribution in [0.5, 0.6) is 5.75 Å². The second-order valence-corrected chi connectivity index (χ2v) is 9.61. The number of hydrogen-bond donors (Lipinski definition) is 1. The highest BCUT2D eigenvalue weighted by Gasteiger charge is 2.13. The summed E-state index contributed by atoms with van der Waals surface area (Å²) in [6.07, 6.45) is 1.15. The molecule has 0 aliphatic rings. The zero-order chi connectivity index (χ0) is 20.9. The highest BCUT2D eigenvalue weighted by molar-refractivity contribution is 7.90. The molecule has 1 amide bonds. The Labute approximate surface area is 166 Å². The van der Waals surface area contributed by atoms with Crippen molar-refractivity contribution in [2.75, 3.05) is 12.9 Å². The highest BCUT2D eigenvalue weighted by atomic mass is 32.2. The van der Waals surface area contributed by atoms with Crippen LogP contribution in [-0.4, -0.2) is 32.9 Å². The van der Waals surface area contributed by atoms with Gasteiger partial charge in [0.25, 0.3) is 5.91 Å². The number of carbonyl (C=O) groups excluding carboxylic acids is 1. The first kappa shape index (κ1) is 21.6. The number of ether oxygens (including phenoxy) is 1. The van der Waals surface area contributed by atoms with Crippen LogP contribution in [0.15, 0.2) is 58.5 Å². The van der Waals surface area contributed by atoms with E-state index in [9.17, 15) is 13.2 Å². The summed E-state index contributed by atoms with van der Waals surface area (Å²) in [6.45, 7) is 7.96. The Balaban J connectivity index is 1.90. The van der Waals surface area contributed by atoms with E-state index in [1.54, 1.807) is 19.1 Å². The SMILES string of the molecule is C/C(=N/NC(=O)COc1ccc(C(C)(C)C)cc1)c1ccc(S(C)(=O)=O)cc1. The van der Waals surface area contributed by atoms with Crippen molar-refractivity contribution < 1.29 is 17.9 Å². The number of nitrogens with one attached hydrogen (secondary N) is 1. The van der Waals surface area contributed by atoms with Crippen molar-refractivity contribution in [2.24, 2.45) is 5.10 Å². The molecule has 0 saturated heterocycles. The van der Waals surface area contributed by atoms with E-state index in [2.05, 4.69) is 31.3 Å². The Morgan fingerprint density at radius 3 is 2.11 bits per heavy atom. The van der Waals surface area contributed by atoms with Crippen LogP contribution in [0.3, 0.4) is 0 Å². The molecule has 1 N–H and O–H groups in total. The maximum Gasteiger partial charge on any atom is 0.277 e. The molecule has 0 radical (unpaired) electrons. The van der Waals surface area contributed by atoms with Crippen LogP contribution in [0, 0.1) is 0 Å². The van der Waals surface area contributed by atoms with Crippen molar-refractivity contribution in [1.29, 1.82) is 0 Å². The van der Waals surface area contributed by atoms with Crippen LogP contribution in [0.25, 0.3) is 0 Å². The quantitative estimate of drug-likeness (QED) is 0.593. The molecule has 6 nitrogen and oxygen atoms in total. The molecule has 28 heavy (non-hydrogen) atoms. The number of benzene rings is 2. The number of hydrazone groups is 1. The molecule has 0 fully saturated rings. The van der Waals surface area contributed by atoms with Crippen molar-refractivity contribution in [3.63, 3.8) is 0 Å². The van der Waals surface area contributed by atoms with Crippen molar-refractivity contribution >= 4 is 21.5 Å². The van der Waals surface area contributed by atoms with Gasteiger partial charge < -0.3 is 4.74 Å². The number of nitrogens with zero attached hydrogens (tertiary/aromatic N) is 1. The predicted octanol–water partition coefficient (Wildman–Crippen LogP) is 3.31. The number of rotatable bonds is 6. The lowest BCUT2D eigenvalue weighted by Gasteiger charge is -2.19. The zero-order valence-corrected chi connectivity index (χ0v) is 17.6. The summed E-state index contributed by atoms with van der Waals surface area (Å²) in [4.78, 5) is 12.2. The summed E-state index contributed by atoms with van der Waals surface area (Å²) in [5, 5.41) is 4.03. The average Bonchev–Trinajstić information content (AvgIpc) is 2.63. The molecule has 0 aliphatic carbocycles. The Bertz CT molecular complexity index is 955. The molecular weight excluding hydrogens is 376 g/mol. The minimum absolute atomic E-state index is 0.0572. The summed E-state index contributed by atoms with van der Waals surface area (Å²) < 4.78 is 28.4. The molecule has 2 rings (SSSR count). The molecule has 150 valence electrons. The molecular formula is C21H26N2O4S. The summed E-state index contributed by atoms with van der Waals surface area (Å²) in [7, 11) is -3.24. The molecule has 0 spiro atoms. The van der Waals surface area contributed by atoms with E-state index in [0.29, 0.717) is 17.0 Å². The lowest BCUT2D eigenvalue weighted by molar-refractivity contribution is -0.123. The maximum atomic E-state index is 11.9. The molecule has 0 saturated carbocycles. The predicted molar refractivity (Wildman–Crippen MR) is 111 cm³/mol. The Hall–Kier alpha value is -2.67. The molecule has 7 heteroatoms. The summed E-state index contributed by atoms with van der Waals surface area (Å²) in [6, 6.07) is 14.0. The maximum absolute atomic E-state index is 11.9. The lowest BCUT2D eigenvalue weighted by atomic mass is 9.87. The van der Waals surface area contributed by atoms with Gasteiger partial charge in [-0.2, -0.15) is 5.10 Å². The van der Waals surface area contributed by atoms with Crippen LogP contribution in [0.4, 0.5) is 0 Å². The fraction of sp³-hybridized carbons (Fsp3) is 0.333. The normalized spacial score (nSPS) is 12.5. The van der Waals surface area contributed by atoms with Crippen LogP contribution in [0.2, 0.25) is 0 Å². The number of amides is 1. The lowest BCUT2D eigenvalue weighted by Crippen LogP contribution is -2.25. The molecule has 2 aromatic rings. The summed E-state index contributed by atoms with van der Waals surface area (Å²) >= 11 is 0. The average molecular weight is 403 g/mol. The second-order valence-electron chi connectivity index (χ2n) is 7.59. The standard InChI is InChI=1S/C21H26N2O4S/c1-15(16-6-12-19(13-7-16)28(5,25)26)22-23-20(24)14-27-18-10-8-17(9-11-18)21(2,3)4/h6-13H,14H2,1-5H3,(H,23,24)/b22-15-. The van der Waals surface area contributed by atoms with Gasteiger partial charge in [0, 0.05) is 6.26 Å². The largest absolute Gasteiger partial charge is 0.484 e. The van der Waals surface area contributed by atoms with Gasteiger partial charge in [-0.05, 0) is 47.7 Å². The first-order valence-corrected chi connectivity index (χ1v) is 10.7. The van der Waals surface area contributed by atoms with E-state index in [0.717, 1.165) is 6.26 Å².